The van der Waals surface area contributed by atoms with Gasteiger partial charge in [-0.3, -0.25) is 14.5 Å². The lowest BCUT2D eigenvalue weighted by molar-refractivity contribution is -0.123. The molecule has 8 nitrogen and oxygen atoms in total. The van der Waals surface area contributed by atoms with Gasteiger partial charge in [-0.05, 0) is 55.7 Å². The fraction of sp³-hybridized carbons (Fsp3) is 0.433. The van der Waals surface area contributed by atoms with Crippen molar-refractivity contribution in [3.05, 3.63) is 64.8 Å². The van der Waals surface area contributed by atoms with Crippen molar-refractivity contribution in [2.45, 2.75) is 64.7 Å². The van der Waals surface area contributed by atoms with E-state index in [9.17, 15) is 9.59 Å². The molecular weight excluding hydrogens is 512 g/mol. The molecule has 9 heteroatoms. The van der Waals surface area contributed by atoms with Crippen LogP contribution in [-0.4, -0.2) is 46.7 Å². The average molecular weight is 549 g/mol. The van der Waals surface area contributed by atoms with E-state index in [0.717, 1.165) is 34.5 Å². The molecule has 206 valence electrons. The van der Waals surface area contributed by atoms with E-state index in [0.29, 0.717) is 17.3 Å². The molecule has 2 amide bonds. The van der Waals surface area contributed by atoms with Crippen LogP contribution < -0.4 is 19.7 Å². The zero-order valence-corrected chi connectivity index (χ0v) is 24.2. The van der Waals surface area contributed by atoms with Gasteiger partial charge in [0.1, 0.15) is 12.4 Å². The molecule has 0 unspecified atom stereocenters. The maximum absolute atomic E-state index is 13.8. The van der Waals surface area contributed by atoms with Crippen LogP contribution in [0.2, 0.25) is 0 Å². The molecule has 3 heterocycles. The minimum absolute atomic E-state index is 0.0154. The van der Waals surface area contributed by atoms with Gasteiger partial charge < -0.3 is 14.8 Å². The number of nitrogens with one attached hydrogen (secondary N) is 1. The Morgan fingerprint density at radius 3 is 2.67 bits per heavy atom. The van der Waals surface area contributed by atoms with Gasteiger partial charge in [0.25, 0.3) is 0 Å². The van der Waals surface area contributed by atoms with E-state index in [4.69, 9.17) is 14.6 Å². The van der Waals surface area contributed by atoms with Gasteiger partial charge >= 0.3 is 0 Å². The Kier molecular flexibility index (Phi) is 7.37. The van der Waals surface area contributed by atoms with Crippen LogP contribution in [0.15, 0.2) is 42.5 Å². The van der Waals surface area contributed by atoms with E-state index >= 15 is 0 Å². The van der Waals surface area contributed by atoms with Gasteiger partial charge in [-0.1, -0.05) is 45.9 Å². The predicted octanol–water partition coefficient (Wildman–Crippen LogP) is 5.29. The van der Waals surface area contributed by atoms with Crippen molar-refractivity contribution in [1.29, 1.82) is 0 Å². The average Bonchev–Trinajstić information content (AvgIpc) is 3.49. The summed E-state index contributed by atoms with van der Waals surface area (Å²) < 4.78 is 13.1. The Morgan fingerprint density at radius 1 is 1.18 bits per heavy atom. The number of aryl methyl sites for hydroxylation is 1. The summed E-state index contributed by atoms with van der Waals surface area (Å²) >= 11 is 1.55. The largest absolute Gasteiger partial charge is 0.454 e. The molecule has 0 saturated carbocycles. The first kappa shape index (κ1) is 27.1. The number of benzene rings is 2. The summed E-state index contributed by atoms with van der Waals surface area (Å²) in [7, 11) is 0. The number of ether oxygens (including phenoxy) is 2. The highest BCUT2D eigenvalue weighted by Gasteiger charge is 2.40. The minimum atomic E-state index is -0.327. The Hall–Kier alpha value is -3.46. The van der Waals surface area contributed by atoms with Crippen molar-refractivity contribution < 1.29 is 19.1 Å². The van der Waals surface area contributed by atoms with Crippen molar-refractivity contribution in [2.24, 2.45) is 0 Å². The van der Waals surface area contributed by atoms with Gasteiger partial charge in [-0.25, -0.2) is 4.68 Å². The van der Waals surface area contributed by atoms with E-state index in [2.05, 4.69) is 32.2 Å². The summed E-state index contributed by atoms with van der Waals surface area (Å²) in [6.07, 6.45) is 0.808. The zero-order chi connectivity index (χ0) is 27.9. The van der Waals surface area contributed by atoms with Gasteiger partial charge in [-0.2, -0.15) is 5.10 Å². The maximum atomic E-state index is 13.8. The number of amides is 2. The molecule has 0 fully saturated rings. The molecule has 2 aliphatic heterocycles. The van der Waals surface area contributed by atoms with E-state index in [1.165, 1.54) is 0 Å². The van der Waals surface area contributed by atoms with Crippen LogP contribution in [0.5, 0.6) is 11.5 Å². The standard InChI is InChI=1S/C30H36N4O4S/c1-7-19(3)31-24(35)15-33-25(36)16-39-27(20-11-12-22-23(14-20)38-17-37-22)26-28(30(4,5)6)32-34(29(26)33)21-10-8-9-18(2)13-21/h8-14,19,27H,7,15-17H2,1-6H3,(H,31,35)/t19-,27+/m1/s1. The van der Waals surface area contributed by atoms with Crippen LogP contribution in [0, 0.1) is 6.92 Å². The molecular formula is C30H36N4O4S. The van der Waals surface area contributed by atoms with Crippen molar-refractivity contribution in [2.75, 3.05) is 24.0 Å². The number of nitrogens with zero attached hydrogens (tertiary/aromatic N) is 3. The van der Waals surface area contributed by atoms with E-state index < -0.39 is 0 Å². The molecule has 0 spiro atoms. The Balaban J connectivity index is 1.74. The summed E-state index contributed by atoms with van der Waals surface area (Å²) in [5.74, 6) is 1.95. The number of rotatable bonds is 6. The lowest BCUT2D eigenvalue weighted by Gasteiger charge is -2.25. The smallest absolute Gasteiger partial charge is 0.240 e. The molecule has 3 aromatic rings. The van der Waals surface area contributed by atoms with Crippen LogP contribution in [0.4, 0.5) is 5.82 Å². The number of hydrogen-bond donors (Lipinski definition) is 1. The monoisotopic (exact) mass is 548 g/mol. The molecule has 1 aromatic heterocycles. The van der Waals surface area contributed by atoms with Crippen LogP contribution in [0.3, 0.4) is 0 Å². The fourth-order valence-corrected chi connectivity index (χ4v) is 6.11. The van der Waals surface area contributed by atoms with Crippen molar-refractivity contribution >= 4 is 29.4 Å². The highest BCUT2D eigenvalue weighted by atomic mass is 32.2. The lowest BCUT2D eigenvalue weighted by Crippen LogP contribution is -2.44. The SMILES string of the molecule is CC[C@@H](C)NC(=O)CN1C(=O)CS[C@@H](c2ccc3c(c2)OCO3)c2c(C(C)(C)C)nn(-c3cccc(C)c3)c21. The molecule has 2 aliphatic rings. The molecule has 0 aliphatic carbocycles. The third-order valence-electron chi connectivity index (χ3n) is 7.07. The summed E-state index contributed by atoms with van der Waals surface area (Å²) in [6.45, 7) is 12.5. The third kappa shape index (κ3) is 5.37. The summed E-state index contributed by atoms with van der Waals surface area (Å²) in [5.41, 5.74) is 4.42. The summed E-state index contributed by atoms with van der Waals surface area (Å²) in [4.78, 5) is 28.6. The van der Waals surface area contributed by atoms with Crippen LogP contribution in [-0.2, 0) is 15.0 Å². The first-order valence-corrected chi connectivity index (χ1v) is 14.4. The van der Waals surface area contributed by atoms with Crippen LogP contribution in [0.25, 0.3) is 5.69 Å². The normalized spacial score (nSPS) is 17.5. The van der Waals surface area contributed by atoms with E-state index in [1.807, 2.05) is 61.9 Å². The Bertz CT molecular complexity index is 1410. The lowest BCUT2D eigenvalue weighted by atomic mass is 9.87. The van der Waals surface area contributed by atoms with Crippen LogP contribution >= 0.6 is 11.8 Å². The molecule has 2 aromatic carbocycles. The predicted molar refractivity (Wildman–Crippen MR) is 154 cm³/mol. The number of fused-ring (bicyclic) bond motifs is 2. The van der Waals surface area contributed by atoms with E-state index in [1.54, 1.807) is 16.7 Å². The molecule has 1 N–H and O–H groups in total. The number of aromatic nitrogens is 2. The van der Waals surface area contributed by atoms with Crippen molar-refractivity contribution in [3.8, 4) is 17.2 Å². The molecule has 0 bridgehead atoms. The Morgan fingerprint density at radius 2 is 1.95 bits per heavy atom. The second-order valence-electron chi connectivity index (χ2n) is 11.2. The van der Waals surface area contributed by atoms with Gasteiger partial charge in [0.2, 0.25) is 18.6 Å². The number of anilines is 1. The van der Waals surface area contributed by atoms with Gasteiger partial charge in [0, 0.05) is 17.0 Å². The third-order valence-corrected chi connectivity index (χ3v) is 8.32. The van der Waals surface area contributed by atoms with E-state index in [-0.39, 0.29) is 47.6 Å². The van der Waals surface area contributed by atoms with Gasteiger partial charge in [0.15, 0.2) is 11.5 Å². The zero-order valence-electron chi connectivity index (χ0n) is 23.4. The first-order valence-electron chi connectivity index (χ1n) is 13.4. The molecule has 0 saturated heterocycles. The highest BCUT2D eigenvalue weighted by molar-refractivity contribution is 8.00. The molecule has 2 atom stereocenters. The highest BCUT2D eigenvalue weighted by Crippen LogP contribution is 2.49. The first-order chi connectivity index (χ1) is 18.6. The number of carbonyl (C=O) groups is 2. The van der Waals surface area contributed by atoms with Crippen LogP contribution in [0.1, 0.15) is 68.7 Å². The second kappa shape index (κ2) is 10.6. The van der Waals surface area contributed by atoms with Crippen molar-refractivity contribution in [1.82, 2.24) is 15.1 Å². The fourth-order valence-electron chi connectivity index (χ4n) is 4.92. The molecule has 5 rings (SSSR count). The summed E-state index contributed by atoms with van der Waals surface area (Å²) in [6, 6.07) is 14.0. The topological polar surface area (TPSA) is 85.7 Å². The molecule has 0 radical (unpaired) electrons. The number of thioether (sulfide) groups is 1. The second-order valence-corrected chi connectivity index (χ2v) is 12.3. The van der Waals surface area contributed by atoms with Gasteiger partial charge in [0.05, 0.1) is 22.4 Å². The molecule has 39 heavy (non-hydrogen) atoms. The van der Waals surface area contributed by atoms with Gasteiger partial charge in [-0.15, -0.1) is 11.8 Å². The van der Waals surface area contributed by atoms with Crippen molar-refractivity contribution in [3.63, 3.8) is 0 Å². The number of carbonyl (C=O) groups excluding carboxylic acids is 2. The summed E-state index contributed by atoms with van der Waals surface area (Å²) in [5, 5.41) is 7.98. The Labute approximate surface area is 234 Å². The number of hydrogen-bond acceptors (Lipinski definition) is 6. The maximum Gasteiger partial charge on any atom is 0.240 e. The quantitative estimate of drug-likeness (QED) is 0.451. The minimum Gasteiger partial charge on any atom is -0.454 e.